The van der Waals surface area contributed by atoms with E-state index in [2.05, 4.69) is 21.7 Å². The van der Waals surface area contributed by atoms with E-state index in [9.17, 15) is 4.79 Å². The molecule has 7 heteroatoms. The molecule has 1 aliphatic heterocycles. The third-order valence-corrected chi connectivity index (χ3v) is 6.18. The summed E-state index contributed by atoms with van der Waals surface area (Å²) >= 11 is 6.45. The molecule has 1 amide bonds. The molecule has 1 aromatic heterocycles. The van der Waals surface area contributed by atoms with Crippen molar-refractivity contribution in [2.24, 2.45) is 11.8 Å². The molecule has 6 nitrogen and oxygen atoms in total. The van der Waals surface area contributed by atoms with Crippen molar-refractivity contribution in [2.45, 2.75) is 56.7 Å². The van der Waals surface area contributed by atoms with Gasteiger partial charge in [-0.05, 0) is 50.7 Å². The van der Waals surface area contributed by atoms with Crippen molar-refractivity contribution in [1.82, 2.24) is 10.3 Å². The lowest BCUT2D eigenvalue weighted by molar-refractivity contribution is -0.131. The molecule has 0 spiro atoms. The van der Waals surface area contributed by atoms with Crippen molar-refractivity contribution in [3.8, 4) is 6.07 Å². The van der Waals surface area contributed by atoms with E-state index in [1.807, 2.05) is 19.9 Å². The number of carbonyl (C=O) groups excluding carboxylic acids is 1. The summed E-state index contributed by atoms with van der Waals surface area (Å²) in [6.45, 7) is 3.88. The summed E-state index contributed by atoms with van der Waals surface area (Å²) in [4.78, 5) is 16.9. The number of rotatable bonds is 4. The van der Waals surface area contributed by atoms with Gasteiger partial charge in [0.2, 0.25) is 5.91 Å². The maximum Gasteiger partial charge on any atom is 0.225 e. The van der Waals surface area contributed by atoms with Gasteiger partial charge in [-0.15, -0.1) is 11.6 Å². The number of nitrogens with one attached hydrogen (secondary N) is 2. The Labute approximate surface area is 159 Å². The largest absolute Gasteiger partial charge is 0.380 e. The summed E-state index contributed by atoms with van der Waals surface area (Å²) < 4.78 is 5.44. The number of nitrogens with zero attached hydrogens (tertiary/aromatic N) is 2. The number of carbonyl (C=O) groups is 1. The Balaban J connectivity index is 1.67. The van der Waals surface area contributed by atoms with Crippen LogP contribution in [0.5, 0.6) is 0 Å². The average molecular weight is 377 g/mol. The first-order valence-electron chi connectivity index (χ1n) is 9.03. The number of piperidine rings is 1. The fourth-order valence-electron chi connectivity index (χ4n) is 4.12. The molecule has 1 saturated heterocycles. The minimum Gasteiger partial charge on any atom is -0.380 e. The Morgan fingerprint density at radius 3 is 2.88 bits per heavy atom. The van der Waals surface area contributed by atoms with Crippen LogP contribution in [-0.4, -0.2) is 41.6 Å². The highest BCUT2D eigenvalue weighted by Crippen LogP contribution is 2.38. The van der Waals surface area contributed by atoms with Crippen molar-refractivity contribution in [3.05, 3.63) is 23.4 Å². The molecule has 0 bridgehead atoms. The number of nitriles is 1. The highest BCUT2D eigenvalue weighted by molar-refractivity contribution is 6.21. The molecule has 1 aliphatic carbocycles. The number of methoxy groups -OCH3 is 1. The molecule has 2 fully saturated rings. The molecular weight excluding hydrogens is 352 g/mol. The Hall–Kier alpha value is -1.84. The van der Waals surface area contributed by atoms with Crippen LogP contribution < -0.4 is 10.6 Å². The van der Waals surface area contributed by atoms with Gasteiger partial charge in [0.25, 0.3) is 0 Å². The van der Waals surface area contributed by atoms with Crippen molar-refractivity contribution >= 4 is 23.3 Å². The molecule has 1 saturated carbocycles. The fourth-order valence-corrected chi connectivity index (χ4v) is 4.55. The maximum absolute atomic E-state index is 12.6. The zero-order valence-corrected chi connectivity index (χ0v) is 16.1. The molecule has 1 aromatic rings. The van der Waals surface area contributed by atoms with Crippen LogP contribution in [0.3, 0.4) is 0 Å². The third kappa shape index (κ3) is 3.79. The molecule has 2 aliphatic rings. The zero-order chi connectivity index (χ0) is 18.8. The quantitative estimate of drug-likeness (QED) is 0.789. The number of anilines is 1. The van der Waals surface area contributed by atoms with Gasteiger partial charge in [-0.1, -0.05) is 0 Å². The number of halogens is 1. The van der Waals surface area contributed by atoms with Gasteiger partial charge in [-0.25, -0.2) is 4.98 Å². The molecule has 2 N–H and O–H groups in total. The number of fused-ring (bicyclic) bond motifs is 1. The van der Waals surface area contributed by atoms with Gasteiger partial charge >= 0.3 is 0 Å². The van der Waals surface area contributed by atoms with Gasteiger partial charge in [0.15, 0.2) is 0 Å². The SMILES string of the molecule is COC1CC2NC(=O)C([C@H](C)Nc3cc(C)c(C#N)cn3)CC2CC1Cl. The molecule has 0 aromatic carbocycles. The lowest BCUT2D eigenvalue weighted by Crippen LogP contribution is -2.57. The van der Waals surface area contributed by atoms with E-state index >= 15 is 0 Å². The molecule has 140 valence electrons. The average Bonchev–Trinajstić information content (AvgIpc) is 2.61. The van der Waals surface area contributed by atoms with E-state index < -0.39 is 0 Å². The minimum atomic E-state index is -0.142. The first-order chi connectivity index (χ1) is 12.4. The maximum atomic E-state index is 12.6. The van der Waals surface area contributed by atoms with Crippen LogP contribution >= 0.6 is 11.6 Å². The van der Waals surface area contributed by atoms with Crippen LogP contribution in [0.15, 0.2) is 12.3 Å². The number of amides is 1. The van der Waals surface area contributed by atoms with Crippen LogP contribution in [-0.2, 0) is 9.53 Å². The van der Waals surface area contributed by atoms with Gasteiger partial charge in [0.05, 0.1) is 23.0 Å². The van der Waals surface area contributed by atoms with Crippen LogP contribution in [0.1, 0.15) is 37.3 Å². The molecule has 6 atom stereocenters. The van der Waals surface area contributed by atoms with E-state index in [0.29, 0.717) is 17.3 Å². The number of hydrogen-bond donors (Lipinski definition) is 2. The second kappa shape index (κ2) is 7.81. The molecule has 0 radical (unpaired) electrons. The van der Waals surface area contributed by atoms with E-state index in [4.69, 9.17) is 21.6 Å². The van der Waals surface area contributed by atoms with Crippen LogP contribution in [0.4, 0.5) is 5.82 Å². The lowest BCUT2D eigenvalue weighted by Gasteiger charge is -2.44. The summed E-state index contributed by atoms with van der Waals surface area (Å²) in [5.41, 5.74) is 1.43. The Kier molecular flexibility index (Phi) is 5.69. The smallest absolute Gasteiger partial charge is 0.225 e. The number of ether oxygens (including phenoxy) is 1. The monoisotopic (exact) mass is 376 g/mol. The second-order valence-electron chi connectivity index (χ2n) is 7.41. The summed E-state index contributed by atoms with van der Waals surface area (Å²) in [6, 6.07) is 4.03. The molecular formula is C19H25ClN4O2. The van der Waals surface area contributed by atoms with Crippen LogP contribution in [0.25, 0.3) is 0 Å². The van der Waals surface area contributed by atoms with Gasteiger partial charge in [0, 0.05) is 25.4 Å². The van der Waals surface area contributed by atoms with Gasteiger partial charge < -0.3 is 15.4 Å². The van der Waals surface area contributed by atoms with E-state index in [1.165, 1.54) is 0 Å². The first-order valence-corrected chi connectivity index (χ1v) is 9.47. The van der Waals surface area contributed by atoms with Crippen molar-refractivity contribution in [2.75, 3.05) is 12.4 Å². The molecule has 3 rings (SSSR count). The first kappa shape index (κ1) is 18.9. The summed E-state index contributed by atoms with van der Waals surface area (Å²) in [5.74, 6) is 0.977. The van der Waals surface area contributed by atoms with Crippen LogP contribution in [0, 0.1) is 30.1 Å². The van der Waals surface area contributed by atoms with E-state index in [1.54, 1.807) is 13.3 Å². The van der Waals surface area contributed by atoms with Gasteiger partial charge in [0.1, 0.15) is 11.9 Å². The minimum absolute atomic E-state index is 0.00357. The van der Waals surface area contributed by atoms with Crippen molar-refractivity contribution in [1.29, 1.82) is 5.26 Å². The number of aryl methyl sites for hydroxylation is 1. The topological polar surface area (TPSA) is 87.0 Å². The highest BCUT2D eigenvalue weighted by atomic mass is 35.5. The number of alkyl halides is 1. The predicted octanol–water partition coefficient (Wildman–Crippen LogP) is 2.60. The van der Waals surface area contributed by atoms with Crippen molar-refractivity contribution in [3.63, 3.8) is 0 Å². The number of pyridine rings is 1. The second-order valence-corrected chi connectivity index (χ2v) is 7.97. The summed E-state index contributed by atoms with van der Waals surface area (Å²) in [7, 11) is 1.67. The predicted molar refractivity (Wildman–Crippen MR) is 100.0 cm³/mol. The highest BCUT2D eigenvalue weighted by Gasteiger charge is 2.44. The fraction of sp³-hybridized carbons (Fsp3) is 0.632. The molecule has 26 heavy (non-hydrogen) atoms. The normalized spacial score (nSPS) is 32.1. The lowest BCUT2D eigenvalue weighted by atomic mass is 9.73. The third-order valence-electron chi connectivity index (χ3n) is 5.72. The van der Waals surface area contributed by atoms with E-state index in [-0.39, 0.29) is 35.4 Å². The number of aromatic nitrogens is 1. The van der Waals surface area contributed by atoms with Crippen molar-refractivity contribution < 1.29 is 9.53 Å². The standard InChI is InChI=1S/C19H25ClN4O2/c1-10-4-18(22-9-13(10)8-21)23-11(2)14-5-12-6-15(20)17(26-3)7-16(12)24-19(14)25/h4,9,11-12,14-17H,5-7H2,1-3H3,(H,22,23)(H,24,25)/t11-,12?,14?,15?,16?,17?/m0/s1. The number of hydrogen-bond acceptors (Lipinski definition) is 5. The summed E-state index contributed by atoms with van der Waals surface area (Å²) in [5, 5.41) is 15.5. The van der Waals surface area contributed by atoms with E-state index in [0.717, 1.165) is 24.8 Å². The molecule has 2 heterocycles. The Morgan fingerprint density at radius 2 is 2.23 bits per heavy atom. The zero-order valence-electron chi connectivity index (χ0n) is 15.3. The Bertz CT molecular complexity index is 720. The Morgan fingerprint density at radius 1 is 1.46 bits per heavy atom. The van der Waals surface area contributed by atoms with Gasteiger partial charge in [-0.3, -0.25) is 4.79 Å². The van der Waals surface area contributed by atoms with Gasteiger partial charge in [-0.2, -0.15) is 5.26 Å². The van der Waals surface area contributed by atoms with Crippen LogP contribution in [0.2, 0.25) is 0 Å². The molecule has 5 unspecified atom stereocenters. The summed E-state index contributed by atoms with van der Waals surface area (Å²) in [6.07, 6.45) is 3.98.